The Morgan fingerprint density at radius 1 is 1.25 bits per heavy atom. The van der Waals surface area contributed by atoms with Crippen LogP contribution in [0, 0.1) is 13.8 Å². The number of hydrogen-bond donors (Lipinski definition) is 0. The van der Waals surface area contributed by atoms with Crippen molar-refractivity contribution in [2.24, 2.45) is 0 Å². The van der Waals surface area contributed by atoms with Gasteiger partial charge in [0.1, 0.15) is 0 Å². The zero-order chi connectivity index (χ0) is 17.1. The number of hydrogen-bond acceptors (Lipinski definition) is 3. The molecule has 0 saturated heterocycles. The van der Waals surface area contributed by atoms with Gasteiger partial charge >= 0.3 is 0 Å². The van der Waals surface area contributed by atoms with Crippen molar-refractivity contribution in [1.82, 2.24) is 4.90 Å². The Morgan fingerprint density at radius 2 is 2.00 bits per heavy atom. The molecule has 1 aromatic carbocycles. The summed E-state index contributed by atoms with van der Waals surface area (Å²) in [5, 5.41) is 2.14. The van der Waals surface area contributed by atoms with E-state index in [0.717, 1.165) is 32.6 Å². The first-order valence-corrected chi connectivity index (χ1v) is 9.61. The number of anilines is 1. The van der Waals surface area contributed by atoms with Gasteiger partial charge in [0.2, 0.25) is 5.91 Å². The van der Waals surface area contributed by atoms with Crippen LogP contribution in [0.4, 0.5) is 5.69 Å². The number of benzene rings is 1. The molecule has 0 bridgehead atoms. The molecule has 4 heteroatoms. The van der Waals surface area contributed by atoms with Crippen molar-refractivity contribution in [3.63, 3.8) is 0 Å². The van der Waals surface area contributed by atoms with E-state index < -0.39 is 0 Å². The van der Waals surface area contributed by atoms with E-state index in [1.54, 1.807) is 0 Å². The molecule has 0 aliphatic carbocycles. The summed E-state index contributed by atoms with van der Waals surface area (Å²) in [6, 6.07) is 8.76. The lowest BCUT2D eigenvalue weighted by Crippen LogP contribution is -2.37. The molecule has 1 aliphatic rings. The molecule has 3 nitrogen and oxygen atoms in total. The van der Waals surface area contributed by atoms with E-state index in [9.17, 15) is 4.79 Å². The van der Waals surface area contributed by atoms with Crippen LogP contribution in [0.15, 0.2) is 29.6 Å². The molecule has 1 aromatic heterocycles. The second kappa shape index (κ2) is 7.39. The Bertz CT molecular complexity index is 702. The lowest BCUT2D eigenvalue weighted by atomic mass is 10.1. The fourth-order valence-electron chi connectivity index (χ4n) is 3.45. The first-order chi connectivity index (χ1) is 11.6. The van der Waals surface area contributed by atoms with Crippen LogP contribution in [0.25, 0.3) is 0 Å². The summed E-state index contributed by atoms with van der Waals surface area (Å²) in [4.78, 5) is 18.4. The highest BCUT2D eigenvalue weighted by Gasteiger charge is 2.21. The van der Waals surface area contributed by atoms with Gasteiger partial charge in [-0.15, -0.1) is 11.3 Å². The van der Waals surface area contributed by atoms with Gasteiger partial charge in [-0.3, -0.25) is 4.79 Å². The van der Waals surface area contributed by atoms with E-state index in [1.807, 2.05) is 16.2 Å². The van der Waals surface area contributed by atoms with Crippen LogP contribution in [-0.4, -0.2) is 30.4 Å². The summed E-state index contributed by atoms with van der Waals surface area (Å²) in [7, 11) is 0. The molecule has 1 amide bonds. The fraction of sp³-hybridized carbons (Fsp3) is 0.450. The van der Waals surface area contributed by atoms with Gasteiger partial charge in [0.05, 0.1) is 0 Å². The number of thiophene rings is 1. The van der Waals surface area contributed by atoms with Crippen molar-refractivity contribution >= 4 is 22.9 Å². The van der Waals surface area contributed by atoms with Crippen LogP contribution in [0.1, 0.15) is 34.9 Å². The van der Waals surface area contributed by atoms with Gasteiger partial charge in [0, 0.05) is 43.2 Å². The van der Waals surface area contributed by atoms with Gasteiger partial charge in [0.25, 0.3) is 0 Å². The molecule has 1 aliphatic heterocycles. The van der Waals surface area contributed by atoms with Gasteiger partial charge in [-0.2, -0.15) is 0 Å². The Kier molecular flexibility index (Phi) is 5.24. The third-order valence-corrected chi connectivity index (χ3v) is 5.73. The zero-order valence-electron chi connectivity index (χ0n) is 14.8. The van der Waals surface area contributed by atoms with Crippen LogP contribution in [0.3, 0.4) is 0 Å². The molecular weight excluding hydrogens is 316 g/mol. The minimum atomic E-state index is 0.273. The lowest BCUT2D eigenvalue weighted by molar-refractivity contribution is -0.131. The molecule has 0 atom stereocenters. The highest BCUT2D eigenvalue weighted by Crippen LogP contribution is 2.24. The van der Waals surface area contributed by atoms with Gasteiger partial charge in [0.15, 0.2) is 0 Å². The third-order valence-electron chi connectivity index (χ3n) is 4.71. The van der Waals surface area contributed by atoms with Crippen molar-refractivity contribution in [3.8, 4) is 0 Å². The Hall–Kier alpha value is -1.81. The van der Waals surface area contributed by atoms with Crippen molar-refractivity contribution < 1.29 is 4.79 Å². The summed E-state index contributed by atoms with van der Waals surface area (Å²) in [6.45, 7) is 9.76. The summed E-state index contributed by atoms with van der Waals surface area (Å²) >= 11 is 1.81. The van der Waals surface area contributed by atoms with E-state index in [2.05, 4.69) is 55.3 Å². The second-order valence-electron chi connectivity index (χ2n) is 6.61. The maximum Gasteiger partial charge on any atom is 0.224 e. The fourth-order valence-corrected chi connectivity index (χ4v) is 4.34. The normalized spacial score (nSPS) is 13.7. The Balaban J connectivity index is 1.60. The van der Waals surface area contributed by atoms with Gasteiger partial charge < -0.3 is 9.80 Å². The van der Waals surface area contributed by atoms with Crippen LogP contribution in [0.5, 0.6) is 0 Å². The standard InChI is InChI=1S/C20H26N2OS/c1-4-21(18-12-15(2)11-16(3)13-18)9-6-20(23)22-8-5-19-17(14-22)7-10-24-19/h7,10-13H,4-6,8-9,14H2,1-3H3. The van der Waals surface area contributed by atoms with Crippen molar-refractivity contribution in [2.45, 2.75) is 40.2 Å². The van der Waals surface area contributed by atoms with Crippen LogP contribution in [-0.2, 0) is 17.8 Å². The molecule has 24 heavy (non-hydrogen) atoms. The van der Waals surface area contributed by atoms with E-state index in [0.29, 0.717) is 6.42 Å². The van der Waals surface area contributed by atoms with Crippen LogP contribution in [0.2, 0.25) is 0 Å². The molecule has 0 fully saturated rings. The molecule has 0 spiro atoms. The van der Waals surface area contributed by atoms with E-state index in [1.165, 1.54) is 27.3 Å². The summed E-state index contributed by atoms with van der Waals surface area (Å²) in [6.07, 6.45) is 1.59. The minimum absolute atomic E-state index is 0.273. The molecule has 2 heterocycles. The van der Waals surface area contributed by atoms with Gasteiger partial charge in [-0.1, -0.05) is 6.07 Å². The number of rotatable bonds is 5. The molecule has 3 rings (SSSR count). The molecule has 2 aromatic rings. The van der Waals surface area contributed by atoms with E-state index >= 15 is 0 Å². The summed E-state index contributed by atoms with van der Waals surface area (Å²) in [5.74, 6) is 0.273. The summed E-state index contributed by atoms with van der Waals surface area (Å²) < 4.78 is 0. The number of fused-ring (bicyclic) bond motifs is 1. The second-order valence-corrected chi connectivity index (χ2v) is 7.61. The minimum Gasteiger partial charge on any atom is -0.371 e. The molecule has 0 unspecified atom stereocenters. The van der Waals surface area contributed by atoms with Crippen molar-refractivity contribution in [1.29, 1.82) is 0 Å². The zero-order valence-corrected chi connectivity index (χ0v) is 15.7. The Labute approximate surface area is 148 Å². The number of carbonyl (C=O) groups is 1. The highest BCUT2D eigenvalue weighted by molar-refractivity contribution is 7.10. The van der Waals surface area contributed by atoms with E-state index in [-0.39, 0.29) is 5.91 Å². The van der Waals surface area contributed by atoms with Gasteiger partial charge in [-0.05, 0) is 67.5 Å². The maximum atomic E-state index is 12.6. The lowest BCUT2D eigenvalue weighted by Gasteiger charge is -2.29. The van der Waals surface area contributed by atoms with Crippen LogP contribution >= 0.6 is 11.3 Å². The smallest absolute Gasteiger partial charge is 0.224 e. The first kappa shape index (κ1) is 17.0. The largest absolute Gasteiger partial charge is 0.371 e. The highest BCUT2D eigenvalue weighted by atomic mass is 32.1. The monoisotopic (exact) mass is 342 g/mol. The van der Waals surface area contributed by atoms with E-state index in [4.69, 9.17) is 0 Å². The first-order valence-electron chi connectivity index (χ1n) is 8.73. The quantitative estimate of drug-likeness (QED) is 0.814. The predicted molar refractivity (Wildman–Crippen MR) is 102 cm³/mol. The number of aryl methyl sites for hydroxylation is 2. The molecule has 0 radical (unpaired) electrons. The van der Waals surface area contributed by atoms with Crippen molar-refractivity contribution in [2.75, 3.05) is 24.5 Å². The average molecular weight is 343 g/mol. The molecule has 128 valence electrons. The number of carbonyl (C=O) groups excluding carboxylic acids is 1. The SMILES string of the molecule is CCN(CCC(=O)N1CCc2sccc2C1)c1cc(C)cc(C)c1. The molecule has 0 N–H and O–H groups in total. The maximum absolute atomic E-state index is 12.6. The average Bonchev–Trinajstić information content (AvgIpc) is 3.02. The van der Waals surface area contributed by atoms with Crippen LogP contribution < -0.4 is 4.90 Å². The molecular formula is C20H26N2OS. The van der Waals surface area contributed by atoms with Crippen molar-refractivity contribution in [3.05, 3.63) is 51.2 Å². The third kappa shape index (κ3) is 3.81. The summed E-state index contributed by atoms with van der Waals surface area (Å²) in [5.41, 5.74) is 5.11. The van der Waals surface area contributed by atoms with Gasteiger partial charge in [-0.25, -0.2) is 0 Å². The number of amides is 1. The topological polar surface area (TPSA) is 23.6 Å². The predicted octanol–water partition coefficient (Wildman–Crippen LogP) is 4.17. The molecule has 0 saturated carbocycles. The number of nitrogens with zero attached hydrogens (tertiary/aromatic N) is 2. The Morgan fingerprint density at radius 3 is 2.71 bits per heavy atom.